The molecule has 2 heterocycles. The van der Waals surface area contributed by atoms with Crippen LogP contribution in [0.2, 0.25) is 0 Å². The van der Waals surface area contributed by atoms with Gasteiger partial charge in [-0.2, -0.15) is 0 Å². The maximum absolute atomic E-state index is 13.0. The van der Waals surface area contributed by atoms with E-state index in [-0.39, 0.29) is 24.1 Å². The Morgan fingerprint density at radius 1 is 1.14 bits per heavy atom. The minimum atomic E-state index is -0.202. The summed E-state index contributed by atoms with van der Waals surface area (Å²) in [4.78, 5) is 27.0. The molecular weight excluding hydrogens is 366 g/mol. The molecule has 4 rings (SSSR count). The van der Waals surface area contributed by atoms with Crippen LogP contribution < -0.4 is 15.5 Å². The van der Waals surface area contributed by atoms with Crippen molar-refractivity contribution in [2.45, 2.75) is 44.9 Å². The topological polar surface area (TPSA) is 70.7 Å². The molecule has 152 valence electrons. The zero-order valence-corrected chi connectivity index (χ0v) is 16.7. The van der Waals surface area contributed by atoms with Crippen molar-refractivity contribution in [3.05, 3.63) is 65.2 Å². The maximum Gasteiger partial charge on any atom is 0.315 e. The second kappa shape index (κ2) is 8.66. The fourth-order valence-corrected chi connectivity index (χ4v) is 4.05. The summed E-state index contributed by atoms with van der Waals surface area (Å²) in [7, 11) is 0. The molecule has 2 atom stereocenters. The Kier molecular flexibility index (Phi) is 5.81. The molecule has 0 aliphatic carbocycles. The van der Waals surface area contributed by atoms with Crippen LogP contribution in [0.3, 0.4) is 0 Å². The molecule has 0 radical (unpaired) electrons. The number of ether oxygens (including phenoxy) is 1. The van der Waals surface area contributed by atoms with E-state index in [4.69, 9.17) is 4.74 Å². The van der Waals surface area contributed by atoms with Crippen LogP contribution in [0.4, 0.5) is 10.5 Å². The summed E-state index contributed by atoms with van der Waals surface area (Å²) in [6, 6.07) is 15.4. The van der Waals surface area contributed by atoms with Gasteiger partial charge in [0.25, 0.3) is 5.91 Å². The molecule has 29 heavy (non-hydrogen) atoms. The van der Waals surface area contributed by atoms with Crippen LogP contribution in [0.1, 0.15) is 41.3 Å². The van der Waals surface area contributed by atoms with Crippen LogP contribution >= 0.6 is 0 Å². The Labute approximate surface area is 171 Å². The van der Waals surface area contributed by atoms with E-state index in [0.29, 0.717) is 18.7 Å². The lowest BCUT2D eigenvalue weighted by Gasteiger charge is -2.23. The van der Waals surface area contributed by atoms with Gasteiger partial charge in [0.2, 0.25) is 0 Å². The number of hydrogen-bond donors (Lipinski definition) is 2. The van der Waals surface area contributed by atoms with E-state index in [1.807, 2.05) is 47.4 Å². The second-order valence-corrected chi connectivity index (χ2v) is 7.76. The minimum absolute atomic E-state index is 0.0104. The SMILES string of the molecule is C[C@@H]1Cc2ccc(CNC(=O)NC[C@@H]3CCCO3)cc2N1C(=O)c1ccccc1. The van der Waals surface area contributed by atoms with Crippen LogP contribution in [0.5, 0.6) is 0 Å². The molecule has 3 amide bonds. The van der Waals surface area contributed by atoms with Gasteiger partial charge in [0.05, 0.1) is 6.10 Å². The zero-order chi connectivity index (χ0) is 20.2. The average Bonchev–Trinajstić information content (AvgIpc) is 3.37. The van der Waals surface area contributed by atoms with Crippen LogP contribution in [-0.4, -0.2) is 37.2 Å². The van der Waals surface area contributed by atoms with E-state index < -0.39 is 0 Å². The van der Waals surface area contributed by atoms with Crippen molar-refractivity contribution >= 4 is 17.6 Å². The van der Waals surface area contributed by atoms with Crippen molar-refractivity contribution in [1.29, 1.82) is 0 Å². The van der Waals surface area contributed by atoms with Gasteiger partial charge in [-0.15, -0.1) is 0 Å². The maximum atomic E-state index is 13.0. The van der Waals surface area contributed by atoms with Crippen LogP contribution in [0, 0.1) is 0 Å². The Bertz CT molecular complexity index is 878. The van der Waals surface area contributed by atoms with Crippen molar-refractivity contribution in [1.82, 2.24) is 10.6 Å². The third-order valence-corrected chi connectivity index (χ3v) is 5.57. The number of hydrogen-bond acceptors (Lipinski definition) is 3. The molecule has 0 aromatic heterocycles. The molecule has 0 bridgehead atoms. The first kappa shape index (κ1) is 19.5. The highest BCUT2D eigenvalue weighted by atomic mass is 16.5. The highest BCUT2D eigenvalue weighted by Crippen LogP contribution is 2.34. The summed E-state index contributed by atoms with van der Waals surface area (Å²) in [5, 5.41) is 5.76. The number of carbonyl (C=O) groups excluding carboxylic acids is 2. The number of amides is 3. The van der Waals surface area contributed by atoms with Crippen molar-refractivity contribution in [2.24, 2.45) is 0 Å². The molecule has 0 spiro atoms. The predicted molar refractivity (Wildman–Crippen MR) is 112 cm³/mol. The molecule has 1 saturated heterocycles. The summed E-state index contributed by atoms with van der Waals surface area (Å²) in [6.07, 6.45) is 3.01. The van der Waals surface area contributed by atoms with Gasteiger partial charge >= 0.3 is 6.03 Å². The molecular formula is C23H27N3O3. The highest BCUT2D eigenvalue weighted by molar-refractivity contribution is 6.07. The first-order chi connectivity index (χ1) is 14.1. The van der Waals surface area contributed by atoms with Gasteiger partial charge in [-0.1, -0.05) is 30.3 Å². The number of nitrogens with zero attached hydrogens (tertiary/aromatic N) is 1. The molecule has 0 unspecified atom stereocenters. The zero-order valence-electron chi connectivity index (χ0n) is 16.7. The van der Waals surface area contributed by atoms with Gasteiger partial charge in [-0.25, -0.2) is 4.79 Å². The molecule has 2 N–H and O–H groups in total. The van der Waals surface area contributed by atoms with Crippen molar-refractivity contribution in [3.8, 4) is 0 Å². The molecule has 2 aliphatic rings. The van der Waals surface area contributed by atoms with Gasteiger partial charge in [0, 0.05) is 37.0 Å². The third-order valence-electron chi connectivity index (χ3n) is 5.57. The molecule has 6 nitrogen and oxygen atoms in total. The molecule has 1 fully saturated rings. The van der Waals surface area contributed by atoms with Crippen molar-refractivity contribution < 1.29 is 14.3 Å². The standard InChI is InChI=1S/C23H27N3O3/c1-16-12-19-10-9-17(14-24-23(28)25-15-20-8-5-11-29-20)13-21(19)26(16)22(27)18-6-3-2-4-7-18/h2-4,6-7,9-10,13,16,20H,5,8,11-12,14-15H2,1H3,(H2,24,25,28)/t16-,20+/m1/s1. The van der Waals surface area contributed by atoms with Crippen molar-refractivity contribution in [2.75, 3.05) is 18.1 Å². The predicted octanol–water partition coefficient (Wildman–Crippen LogP) is 3.26. The summed E-state index contributed by atoms with van der Waals surface area (Å²) in [5.41, 5.74) is 3.75. The normalized spacial score (nSPS) is 20.4. The summed E-state index contributed by atoms with van der Waals surface area (Å²) in [5.74, 6) is 0.0104. The number of carbonyl (C=O) groups is 2. The fraction of sp³-hybridized carbons (Fsp3) is 0.391. The molecule has 2 aromatic carbocycles. The first-order valence-corrected chi connectivity index (χ1v) is 10.3. The van der Waals surface area contributed by atoms with E-state index in [9.17, 15) is 9.59 Å². The number of urea groups is 1. The summed E-state index contributed by atoms with van der Waals surface area (Å²) in [6.45, 7) is 3.79. The van der Waals surface area contributed by atoms with E-state index in [2.05, 4.69) is 23.6 Å². The Hall–Kier alpha value is -2.86. The second-order valence-electron chi connectivity index (χ2n) is 7.76. The van der Waals surface area contributed by atoms with Gasteiger partial charge < -0.3 is 20.3 Å². The number of anilines is 1. The highest BCUT2D eigenvalue weighted by Gasteiger charge is 2.31. The first-order valence-electron chi connectivity index (χ1n) is 10.3. The average molecular weight is 393 g/mol. The number of nitrogens with one attached hydrogen (secondary N) is 2. The monoisotopic (exact) mass is 393 g/mol. The molecule has 2 aliphatic heterocycles. The molecule has 2 aromatic rings. The molecule has 6 heteroatoms. The summed E-state index contributed by atoms with van der Waals surface area (Å²) >= 11 is 0. The quantitative estimate of drug-likeness (QED) is 0.819. The van der Waals surface area contributed by atoms with Gasteiger partial charge in [0.1, 0.15) is 0 Å². The van der Waals surface area contributed by atoms with E-state index in [1.54, 1.807) is 0 Å². The van der Waals surface area contributed by atoms with E-state index >= 15 is 0 Å². The third kappa shape index (κ3) is 4.43. The number of rotatable bonds is 5. The van der Waals surface area contributed by atoms with E-state index in [1.165, 1.54) is 0 Å². The largest absolute Gasteiger partial charge is 0.376 e. The number of fused-ring (bicyclic) bond motifs is 1. The smallest absolute Gasteiger partial charge is 0.315 e. The number of benzene rings is 2. The van der Waals surface area contributed by atoms with Crippen LogP contribution in [0.25, 0.3) is 0 Å². The Morgan fingerprint density at radius 2 is 1.97 bits per heavy atom. The lowest BCUT2D eigenvalue weighted by molar-refractivity contribution is 0.0981. The van der Waals surface area contributed by atoms with Gasteiger partial charge in [-0.05, 0) is 55.5 Å². The van der Waals surface area contributed by atoms with E-state index in [0.717, 1.165) is 42.7 Å². The Balaban J connectivity index is 1.40. The van der Waals surface area contributed by atoms with Gasteiger partial charge in [-0.3, -0.25) is 4.79 Å². The van der Waals surface area contributed by atoms with Crippen molar-refractivity contribution in [3.63, 3.8) is 0 Å². The minimum Gasteiger partial charge on any atom is -0.376 e. The lowest BCUT2D eigenvalue weighted by Crippen LogP contribution is -2.39. The molecule has 0 saturated carbocycles. The van der Waals surface area contributed by atoms with Gasteiger partial charge in [0.15, 0.2) is 0 Å². The Morgan fingerprint density at radius 3 is 2.72 bits per heavy atom. The summed E-state index contributed by atoms with van der Waals surface area (Å²) < 4.78 is 5.52. The fourth-order valence-electron chi connectivity index (χ4n) is 4.05. The van der Waals surface area contributed by atoms with Crippen LogP contribution in [-0.2, 0) is 17.7 Å². The van der Waals surface area contributed by atoms with Crippen LogP contribution in [0.15, 0.2) is 48.5 Å². The lowest BCUT2D eigenvalue weighted by atomic mass is 10.1.